The van der Waals surface area contributed by atoms with Crippen LogP contribution in [0.4, 0.5) is 0 Å². The predicted molar refractivity (Wildman–Crippen MR) is 237 cm³/mol. The number of nitrogens with zero attached hydrogens (tertiary/aromatic N) is 2. The zero-order valence-electron chi connectivity index (χ0n) is 30.7. The minimum atomic E-state index is 0.474. The quantitative estimate of drug-likeness (QED) is 0.165. The Bertz CT molecular complexity index is 3160. The average molecular weight is 733 g/mol. The molecule has 264 valence electrons. The summed E-state index contributed by atoms with van der Waals surface area (Å²) in [7, 11) is 0. The summed E-state index contributed by atoms with van der Waals surface area (Å²) in [5.74, 6) is 1.96. The molecule has 2 atom stereocenters. The van der Waals surface area contributed by atoms with Crippen LogP contribution in [0.15, 0.2) is 182 Å². The smallest absolute Gasteiger partial charge is 0.139 e. The molecule has 2 nitrogen and oxygen atoms in total. The standard InChI is InChI=1S/C53H36N2S/c1-2-13-33(14-3-1)52-53-47(32-51(54-52)55-48-23-10-8-21-43(48)44-22-9-11-24-49(44)55)46-31-37(26-28-50(46)56-53)35-16-12-15-34(29-35)36-25-27-42-40-19-5-4-17-38(40)39-18-6-7-20-41(39)45(42)30-36/h1-4,6-18,20-32,38,40H,5,19H2. The topological polar surface area (TPSA) is 17.8 Å². The third-order valence-electron chi connectivity index (χ3n) is 12.3. The summed E-state index contributed by atoms with van der Waals surface area (Å²) in [6.07, 6.45) is 7.19. The van der Waals surface area contributed by atoms with Gasteiger partial charge in [-0.1, -0.05) is 140 Å². The Labute approximate surface area is 329 Å². The predicted octanol–water partition coefficient (Wildman–Crippen LogP) is 14.7. The fourth-order valence-corrected chi connectivity index (χ4v) is 10.9. The Kier molecular flexibility index (Phi) is 7.09. The highest BCUT2D eigenvalue weighted by Gasteiger charge is 2.33. The summed E-state index contributed by atoms with van der Waals surface area (Å²) in [5, 5.41) is 4.97. The van der Waals surface area contributed by atoms with Crippen molar-refractivity contribution < 1.29 is 0 Å². The van der Waals surface area contributed by atoms with E-state index < -0.39 is 0 Å². The van der Waals surface area contributed by atoms with Crippen LogP contribution in [0.2, 0.25) is 0 Å². The van der Waals surface area contributed by atoms with Gasteiger partial charge in [-0.05, 0) is 106 Å². The first kappa shape index (κ1) is 31.8. The minimum Gasteiger partial charge on any atom is -0.294 e. The molecule has 0 aliphatic heterocycles. The van der Waals surface area contributed by atoms with Crippen LogP contribution in [0.3, 0.4) is 0 Å². The maximum atomic E-state index is 5.47. The van der Waals surface area contributed by atoms with Gasteiger partial charge in [0, 0.05) is 37.7 Å². The molecule has 0 saturated carbocycles. The van der Waals surface area contributed by atoms with Crippen molar-refractivity contribution in [3.8, 4) is 50.5 Å². The molecule has 3 aromatic heterocycles. The molecule has 0 bridgehead atoms. The molecule has 0 radical (unpaired) electrons. The first-order chi connectivity index (χ1) is 27.8. The second-order valence-corrected chi connectivity index (χ2v) is 16.4. The van der Waals surface area contributed by atoms with Crippen molar-refractivity contribution in [2.45, 2.75) is 24.7 Å². The van der Waals surface area contributed by atoms with Crippen LogP contribution in [-0.4, -0.2) is 9.55 Å². The van der Waals surface area contributed by atoms with E-state index in [-0.39, 0.29) is 0 Å². The number of hydrogen-bond donors (Lipinski definition) is 0. The van der Waals surface area contributed by atoms with Crippen molar-refractivity contribution in [2.24, 2.45) is 0 Å². The highest BCUT2D eigenvalue weighted by Crippen LogP contribution is 2.52. The van der Waals surface area contributed by atoms with Crippen molar-refractivity contribution in [2.75, 3.05) is 0 Å². The molecule has 2 aliphatic rings. The zero-order chi connectivity index (χ0) is 36.7. The SMILES string of the molecule is C1=CC2c3ccccc3-c3cc(-c4cccc(-c5ccc6sc7c(-c8ccccc8)nc(-n8c9ccccc9c9ccccc98)cc7c6c5)c4)ccc3C2CC1. The fourth-order valence-electron chi connectivity index (χ4n) is 9.72. The number of aromatic nitrogens is 2. The lowest BCUT2D eigenvalue weighted by molar-refractivity contribution is 0.547. The van der Waals surface area contributed by atoms with E-state index in [9.17, 15) is 0 Å². The molecule has 2 unspecified atom stereocenters. The number of fused-ring (bicyclic) bond motifs is 12. The van der Waals surface area contributed by atoms with Gasteiger partial charge in [-0.25, -0.2) is 4.98 Å². The lowest BCUT2D eigenvalue weighted by atomic mass is 9.67. The number of benzene rings is 7. The number of rotatable bonds is 4. The molecule has 0 amide bonds. The maximum absolute atomic E-state index is 5.47. The van der Waals surface area contributed by atoms with Gasteiger partial charge in [0.2, 0.25) is 0 Å². The van der Waals surface area contributed by atoms with Gasteiger partial charge in [0.25, 0.3) is 0 Å². The van der Waals surface area contributed by atoms with E-state index in [1.807, 2.05) is 11.3 Å². The second kappa shape index (κ2) is 12.5. The summed E-state index contributed by atoms with van der Waals surface area (Å²) < 4.78 is 4.82. The lowest BCUT2D eigenvalue weighted by Gasteiger charge is -2.36. The van der Waals surface area contributed by atoms with Gasteiger partial charge in [0.15, 0.2) is 0 Å². The van der Waals surface area contributed by atoms with Gasteiger partial charge < -0.3 is 0 Å². The molecular weight excluding hydrogens is 697 g/mol. The van der Waals surface area contributed by atoms with E-state index >= 15 is 0 Å². The Hall–Kier alpha value is -6.55. The normalized spacial score (nSPS) is 16.0. The number of para-hydroxylation sites is 2. The molecule has 7 aromatic carbocycles. The average Bonchev–Trinajstić information content (AvgIpc) is 3.82. The number of hydrogen-bond acceptors (Lipinski definition) is 2. The van der Waals surface area contributed by atoms with Crippen molar-refractivity contribution in [3.63, 3.8) is 0 Å². The Morgan fingerprint density at radius 3 is 2.00 bits per heavy atom. The first-order valence-electron chi connectivity index (χ1n) is 19.7. The van der Waals surface area contributed by atoms with E-state index in [1.54, 1.807) is 0 Å². The lowest BCUT2D eigenvalue weighted by Crippen LogP contribution is -2.18. The summed E-state index contributed by atoms with van der Waals surface area (Å²) in [4.78, 5) is 5.47. The van der Waals surface area contributed by atoms with Gasteiger partial charge in [-0.3, -0.25) is 4.57 Å². The van der Waals surface area contributed by atoms with Crippen LogP contribution in [0.25, 0.3) is 92.4 Å². The largest absolute Gasteiger partial charge is 0.294 e. The van der Waals surface area contributed by atoms with Gasteiger partial charge in [0.05, 0.1) is 21.4 Å². The molecule has 3 heteroatoms. The first-order valence-corrected chi connectivity index (χ1v) is 20.5. The van der Waals surface area contributed by atoms with E-state index in [4.69, 9.17) is 4.98 Å². The highest BCUT2D eigenvalue weighted by atomic mass is 32.1. The van der Waals surface area contributed by atoms with Gasteiger partial charge in [-0.2, -0.15) is 0 Å². The van der Waals surface area contributed by atoms with Crippen molar-refractivity contribution in [1.29, 1.82) is 0 Å². The summed E-state index contributed by atoms with van der Waals surface area (Å²) in [6, 6.07) is 62.7. The Morgan fingerprint density at radius 1 is 0.500 bits per heavy atom. The van der Waals surface area contributed by atoms with E-state index in [0.29, 0.717) is 11.8 Å². The Balaban J connectivity index is 1.01. The van der Waals surface area contributed by atoms with E-state index in [2.05, 4.69) is 187 Å². The number of pyridine rings is 1. The molecule has 10 aromatic rings. The van der Waals surface area contributed by atoms with E-state index in [0.717, 1.165) is 34.5 Å². The van der Waals surface area contributed by atoms with Crippen LogP contribution in [0, 0.1) is 0 Å². The third kappa shape index (κ3) is 4.84. The summed E-state index contributed by atoms with van der Waals surface area (Å²) in [5.41, 5.74) is 15.2. The third-order valence-corrected chi connectivity index (χ3v) is 13.5. The number of thiophene rings is 1. The maximum Gasteiger partial charge on any atom is 0.139 e. The second-order valence-electron chi connectivity index (χ2n) is 15.4. The monoisotopic (exact) mass is 732 g/mol. The molecule has 0 N–H and O–H groups in total. The minimum absolute atomic E-state index is 0.474. The van der Waals surface area contributed by atoms with Gasteiger partial charge in [0.1, 0.15) is 5.82 Å². The van der Waals surface area contributed by atoms with Crippen LogP contribution in [0.5, 0.6) is 0 Å². The molecule has 12 rings (SSSR count). The molecule has 0 saturated heterocycles. The summed E-state index contributed by atoms with van der Waals surface area (Å²) in [6.45, 7) is 0. The zero-order valence-corrected chi connectivity index (χ0v) is 31.5. The molecule has 2 aliphatic carbocycles. The molecule has 3 heterocycles. The molecule has 0 spiro atoms. The van der Waals surface area contributed by atoms with Crippen LogP contribution < -0.4 is 0 Å². The molecular formula is C53H36N2S. The molecule has 56 heavy (non-hydrogen) atoms. The molecule has 0 fully saturated rings. The van der Waals surface area contributed by atoms with Gasteiger partial charge in [-0.15, -0.1) is 11.3 Å². The van der Waals surface area contributed by atoms with Crippen LogP contribution in [-0.2, 0) is 0 Å². The van der Waals surface area contributed by atoms with Crippen molar-refractivity contribution in [3.05, 3.63) is 193 Å². The van der Waals surface area contributed by atoms with Crippen LogP contribution >= 0.6 is 11.3 Å². The van der Waals surface area contributed by atoms with Crippen molar-refractivity contribution >= 4 is 53.3 Å². The Morgan fingerprint density at radius 2 is 1.18 bits per heavy atom. The van der Waals surface area contributed by atoms with Gasteiger partial charge >= 0.3 is 0 Å². The van der Waals surface area contributed by atoms with E-state index in [1.165, 1.54) is 81.9 Å². The summed E-state index contributed by atoms with van der Waals surface area (Å²) >= 11 is 1.84. The van der Waals surface area contributed by atoms with Crippen LogP contribution in [0.1, 0.15) is 35.8 Å². The highest BCUT2D eigenvalue weighted by molar-refractivity contribution is 7.26. The fraction of sp³-hybridized carbons (Fsp3) is 0.0755. The number of allylic oxidation sites excluding steroid dienone is 2. The van der Waals surface area contributed by atoms with Crippen molar-refractivity contribution in [1.82, 2.24) is 9.55 Å².